The van der Waals surface area contributed by atoms with Gasteiger partial charge in [0, 0.05) is 0 Å². The Bertz CT molecular complexity index is 536. The predicted octanol–water partition coefficient (Wildman–Crippen LogP) is 2.46. The molecule has 6 heteroatoms. The van der Waals surface area contributed by atoms with Gasteiger partial charge in [0.15, 0.2) is 0 Å². The van der Waals surface area contributed by atoms with E-state index < -0.39 is 26.6 Å². The molecule has 3 rings (SSSR count). The van der Waals surface area contributed by atoms with E-state index in [9.17, 15) is 14.7 Å². The van der Waals surface area contributed by atoms with Crippen molar-refractivity contribution in [3.05, 3.63) is 33.4 Å². The molecule has 1 fully saturated rings. The molecule has 108 valence electrons. The molecule has 0 bridgehead atoms. The summed E-state index contributed by atoms with van der Waals surface area (Å²) in [5, 5.41) is 9.45. The second kappa shape index (κ2) is 5.69. The summed E-state index contributed by atoms with van der Waals surface area (Å²) in [7, 11) is 0. The normalized spacial score (nSPS) is 26.9. The summed E-state index contributed by atoms with van der Waals surface area (Å²) in [5.74, 6) is -0.855. The number of benzene rings is 1. The molecule has 1 heterocycles. The van der Waals surface area contributed by atoms with Crippen LogP contribution in [0.2, 0.25) is 0 Å². The molecule has 2 aliphatic rings. The van der Waals surface area contributed by atoms with Crippen LogP contribution in [-0.2, 0) is 10.9 Å². The van der Waals surface area contributed by atoms with E-state index in [1.54, 1.807) is 18.2 Å². The summed E-state index contributed by atoms with van der Waals surface area (Å²) in [6, 6.07) is 7.07. The summed E-state index contributed by atoms with van der Waals surface area (Å²) in [5.41, 5.74) is 0.518. The number of aliphatic hydroxyl groups excluding tert-OH is 1. The van der Waals surface area contributed by atoms with Crippen molar-refractivity contribution in [3.63, 3.8) is 0 Å². The minimum absolute atomic E-state index is 0.179. The van der Waals surface area contributed by atoms with Gasteiger partial charge in [-0.25, -0.2) is 0 Å². The number of carbonyl (C=O) groups is 2. The summed E-state index contributed by atoms with van der Waals surface area (Å²) >= 11 is -2.64. The predicted molar refractivity (Wildman–Crippen MR) is 78.6 cm³/mol. The molecule has 1 aromatic rings. The Morgan fingerprint density at radius 3 is 2.70 bits per heavy atom. The molecular formula is C14H15IO5. The van der Waals surface area contributed by atoms with E-state index >= 15 is 0 Å². The Morgan fingerprint density at radius 1 is 1.25 bits per heavy atom. The van der Waals surface area contributed by atoms with Crippen molar-refractivity contribution >= 4 is 32.6 Å². The zero-order valence-electron chi connectivity index (χ0n) is 10.8. The second-order valence-corrected chi connectivity index (χ2v) is 8.25. The van der Waals surface area contributed by atoms with Crippen molar-refractivity contribution in [2.45, 2.75) is 31.8 Å². The van der Waals surface area contributed by atoms with E-state index in [0.717, 1.165) is 3.57 Å². The van der Waals surface area contributed by atoms with E-state index in [-0.39, 0.29) is 18.0 Å². The third kappa shape index (κ3) is 2.67. The number of fused-ring (bicyclic) bond motifs is 1. The maximum absolute atomic E-state index is 12.1. The fourth-order valence-electron chi connectivity index (χ4n) is 2.41. The molecule has 1 saturated carbocycles. The standard InChI is InChI=1S/C14H15IO5/c16-10-7-5-9(6-8-10)13(17)19-15-12-4-2-1-3-11(12)14(18)20-15/h1-4,9-10,16H,5-8H2. The van der Waals surface area contributed by atoms with Gasteiger partial charge in [0.1, 0.15) is 0 Å². The first-order chi connectivity index (χ1) is 9.65. The number of aliphatic hydroxyl groups is 1. The maximum atomic E-state index is 12.1. The van der Waals surface area contributed by atoms with E-state index in [1.807, 2.05) is 6.07 Å². The number of rotatable bonds is 2. The molecule has 1 N–H and O–H groups in total. The third-order valence-corrected chi connectivity index (χ3v) is 7.10. The number of halogens is 1. The van der Waals surface area contributed by atoms with Crippen molar-refractivity contribution in [3.8, 4) is 0 Å². The summed E-state index contributed by atoms with van der Waals surface area (Å²) in [4.78, 5) is 23.8. The van der Waals surface area contributed by atoms with Crippen LogP contribution in [0.5, 0.6) is 0 Å². The van der Waals surface area contributed by atoms with Crippen LogP contribution in [-0.4, -0.2) is 23.1 Å². The fourth-order valence-corrected chi connectivity index (χ4v) is 5.70. The molecule has 5 nitrogen and oxygen atoms in total. The third-order valence-electron chi connectivity index (χ3n) is 3.58. The van der Waals surface area contributed by atoms with Crippen molar-refractivity contribution in [1.29, 1.82) is 0 Å². The zero-order valence-corrected chi connectivity index (χ0v) is 12.9. The van der Waals surface area contributed by atoms with Crippen LogP contribution in [0.4, 0.5) is 0 Å². The molecule has 1 aromatic carbocycles. The Kier molecular flexibility index (Phi) is 3.93. The fraction of sp³-hybridized carbons (Fsp3) is 0.429. The van der Waals surface area contributed by atoms with E-state index in [4.69, 9.17) is 6.13 Å². The molecule has 0 radical (unpaired) electrons. The van der Waals surface area contributed by atoms with Crippen molar-refractivity contribution in [2.75, 3.05) is 0 Å². The summed E-state index contributed by atoms with van der Waals surface area (Å²) in [6.45, 7) is 0. The Morgan fingerprint density at radius 2 is 1.95 bits per heavy atom. The van der Waals surface area contributed by atoms with Gasteiger partial charge in [-0.2, -0.15) is 0 Å². The summed E-state index contributed by atoms with van der Waals surface area (Å²) in [6.07, 6.45) is 2.23. The SMILES string of the molecule is O=C1OI(OC(=O)C2CCC(O)CC2)c2ccccc21. The van der Waals surface area contributed by atoms with E-state index in [1.165, 1.54) is 0 Å². The van der Waals surface area contributed by atoms with Crippen molar-refractivity contribution in [2.24, 2.45) is 5.92 Å². The van der Waals surface area contributed by atoms with Crippen molar-refractivity contribution in [1.82, 2.24) is 0 Å². The quantitative estimate of drug-likeness (QED) is 0.786. The first-order valence-corrected chi connectivity index (χ1v) is 9.41. The Hall–Kier alpha value is -1.15. The molecule has 0 saturated heterocycles. The van der Waals surface area contributed by atoms with Crippen molar-refractivity contribution < 1.29 is 20.8 Å². The topological polar surface area (TPSA) is 72.8 Å². The van der Waals surface area contributed by atoms with Gasteiger partial charge in [0.25, 0.3) is 0 Å². The van der Waals surface area contributed by atoms with E-state index in [2.05, 4.69) is 0 Å². The molecule has 0 atom stereocenters. The average molecular weight is 390 g/mol. The number of hydrogen-bond acceptors (Lipinski definition) is 5. The van der Waals surface area contributed by atoms with Gasteiger partial charge >= 0.3 is 125 Å². The number of carbonyl (C=O) groups excluding carboxylic acids is 2. The van der Waals surface area contributed by atoms with Gasteiger partial charge in [-0.05, 0) is 0 Å². The molecule has 1 aliphatic heterocycles. The van der Waals surface area contributed by atoms with Gasteiger partial charge < -0.3 is 0 Å². The van der Waals surface area contributed by atoms with Crippen LogP contribution in [0.3, 0.4) is 0 Å². The number of hydrogen-bond donors (Lipinski definition) is 1. The van der Waals surface area contributed by atoms with Crippen LogP contribution in [0.15, 0.2) is 24.3 Å². The molecular weight excluding hydrogens is 375 g/mol. The molecule has 0 amide bonds. The van der Waals surface area contributed by atoms with Gasteiger partial charge in [0.2, 0.25) is 0 Å². The monoisotopic (exact) mass is 390 g/mol. The first kappa shape index (κ1) is 13.8. The van der Waals surface area contributed by atoms with Crippen LogP contribution in [0.25, 0.3) is 0 Å². The molecule has 0 aromatic heterocycles. The van der Waals surface area contributed by atoms with Gasteiger partial charge in [-0.1, -0.05) is 0 Å². The second-order valence-electron chi connectivity index (χ2n) is 4.96. The molecule has 1 aliphatic carbocycles. The van der Waals surface area contributed by atoms with Gasteiger partial charge in [0.05, 0.1) is 0 Å². The van der Waals surface area contributed by atoms with Crippen LogP contribution < -0.4 is 0 Å². The summed E-state index contributed by atoms with van der Waals surface area (Å²) < 4.78 is 11.5. The zero-order chi connectivity index (χ0) is 14.1. The van der Waals surface area contributed by atoms with E-state index in [0.29, 0.717) is 31.2 Å². The molecule has 0 spiro atoms. The van der Waals surface area contributed by atoms with Crippen LogP contribution in [0, 0.1) is 9.49 Å². The molecule has 0 unspecified atom stereocenters. The Labute approximate surface area is 124 Å². The van der Waals surface area contributed by atoms with Gasteiger partial charge in [-0.15, -0.1) is 0 Å². The Balaban J connectivity index is 1.67. The minimum atomic E-state index is -2.64. The average Bonchev–Trinajstić information content (AvgIpc) is 2.77. The van der Waals surface area contributed by atoms with Crippen LogP contribution in [0.1, 0.15) is 36.0 Å². The van der Waals surface area contributed by atoms with Gasteiger partial charge in [-0.3, -0.25) is 0 Å². The van der Waals surface area contributed by atoms with Crippen LogP contribution >= 0.6 is 20.6 Å². The molecule has 20 heavy (non-hydrogen) atoms. The first-order valence-electron chi connectivity index (χ1n) is 6.57.